The second-order valence-electron chi connectivity index (χ2n) is 6.56. The molecule has 0 bridgehead atoms. The van der Waals surface area contributed by atoms with Crippen LogP contribution in [0.4, 0.5) is 0 Å². The molecule has 0 spiro atoms. The van der Waals surface area contributed by atoms with Gasteiger partial charge in [0.1, 0.15) is 5.41 Å². The van der Waals surface area contributed by atoms with E-state index in [0.29, 0.717) is 12.8 Å². The first kappa shape index (κ1) is 15.1. The summed E-state index contributed by atoms with van der Waals surface area (Å²) in [5, 5.41) is 15.3. The summed E-state index contributed by atoms with van der Waals surface area (Å²) >= 11 is 0. The topological polar surface area (TPSA) is 87.7 Å². The largest absolute Gasteiger partial charge is 0.409 e. The van der Waals surface area contributed by atoms with Crippen molar-refractivity contribution in [2.45, 2.75) is 70.8 Å². The summed E-state index contributed by atoms with van der Waals surface area (Å²) in [4.78, 5) is 12.6. The maximum Gasteiger partial charge on any atom is 0.234 e. The van der Waals surface area contributed by atoms with E-state index >= 15 is 0 Å². The number of oxime groups is 1. The highest BCUT2D eigenvalue weighted by molar-refractivity contribution is 6.07. The second-order valence-corrected chi connectivity index (χ2v) is 6.56. The molecule has 4 N–H and O–H groups in total. The molecule has 1 amide bonds. The maximum atomic E-state index is 12.6. The van der Waals surface area contributed by atoms with Crippen LogP contribution >= 0.6 is 0 Å². The molecule has 20 heavy (non-hydrogen) atoms. The van der Waals surface area contributed by atoms with Gasteiger partial charge in [-0.05, 0) is 38.0 Å². The smallest absolute Gasteiger partial charge is 0.234 e. The van der Waals surface area contributed by atoms with Crippen molar-refractivity contribution >= 4 is 11.7 Å². The van der Waals surface area contributed by atoms with Crippen LogP contribution in [0, 0.1) is 11.3 Å². The molecule has 2 aliphatic carbocycles. The summed E-state index contributed by atoms with van der Waals surface area (Å²) in [6.45, 7) is 2.28. The molecule has 2 unspecified atom stereocenters. The summed E-state index contributed by atoms with van der Waals surface area (Å²) in [5.41, 5.74) is 5.04. The van der Waals surface area contributed by atoms with Gasteiger partial charge in [-0.15, -0.1) is 0 Å². The minimum absolute atomic E-state index is 0.0372. The van der Waals surface area contributed by atoms with Crippen LogP contribution in [-0.2, 0) is 4.79 Å². The van der Waals surface area contributed by atoms with E-state index in [9.17, 15) is 4.79 Å². The number of amidine groups is 1. The zero-order chi connectivity index (χ0) is 14.6. The van der Waals surface area contributed by atoms with Gasteiger partial charge in [0.2, 0.25) is 5.91 Å². The van der Waals surface area contributed by atoms with E-state index in [1.807, 2.05) is 0 Å². The Bertz CT molecular complexity index is 375. The Hall–Kier alpha value is -1.26. The first-order chi connectivity index (χ1) is 9.58. The lowest BCUT2D eigenvalue weighted by Crippen LogP contribution is -2.51. The second kappa shape index (κ2) is 6.46. The lowest BCUT2D eigenvalue weighted by Gasteiger charge is -2.28. The molecular formula is C15H27N3O2. The van der Waals surface area contributed by atoms with E-state index in [-0.39, 0.29) is 17.8 Å². The molecule has 0 aliphatic heterocycles. The third-order valence-corrected chi connectivity index (χ3v) is 5.08. The van der Waals surface area contributed by atoms with Crippen LogP contribution in [0.2, 0.25) is 0 Å². The quantitative estimate of drug-likeness (QED) is 0.244. The molecule has 0 heterocycles. The number of hydrogen-bond acceptors (Lipinski definition) is 3. The Morgan fingerprint density at radius 2 is 1.90 bits per heavy atom. The first-order valence-corrected chi connectivity index (χ1v) is 7.87. The van der Waals surface area contributed by atoms with Gasteiger partial charge in [-0.2, -0.15) is 0 Å². The normalized spacial score (nSPS) is 30.8. The van der Waals surface area contributed by atoms with E-state index in [4.69, 9.17) is 10.9 Å². The van der Waals surface area contributed by atoms with Gasteiger partial charge in [-0.25, -0.2) is 0 Å². The Kier molecular flexibility index (Phi) is 4.89. The van der Waals surface area contributed by atoms with Gasteiger partial charge in [-0.3, -0.25) is 4.79 Å². The highest BCUT2D eigenvalue weighted by Crippen LogP contribution is 2.39. The van der Waals surface area contributed by atoms with Gasteiger partial charge < -0.3 is 16.3 Å². The Balaban J connectivity index is 2.02. The minimum Gasteiger partial charge on any atom is -0.409 e. The van der Waals surface area contributed by atoms with E-state index in [1.54, 1.807) is 0 Å². The van der Waals surface area contributed by atoms with Crippen molar-refractivity contribution in [2.75, 3.05) is 0 Å². The van der Waals surface area contributed by atoms with Gasteiger partial charge in [0.25, 0.3) is 0 Å². The van der Waals surface area contributed by atoms with Crippen LogP contribution in [0.3, 0.4) is 0 Å². The summed E-state index contributed by atoms with van der Waals surface area (Å²) < 4.78 is 0. The predicted octanol–water partition coefficient (Wildman–Crippen LogP) is 2.38. The lowest BCUT2D eigenvalue weighted by atomic mass is 9.83. The van der Waals surface area contributed by atoms with Gasteiger partial charge in [0.05, 0.1) is 0 Å². The van der Waals surface area contributed by atoms with Gasteiger partial charge in [0.15, 0.2) is 5.84 Å². The predicted molar refractivity (Wildman–Crippen MR) is 78.5 cm³/mol. The minimum atomic E-state index is -0.771. The van der Waals surface area contributed by atoms with Gasteiger partial charge >= 0.3 is 0 Å². The van der Waals surface area contributed by atoms with Crippen LogP contribution in [0.15, 0.2) is 5.16 Å². The molecule has 114 valence electrons. The Morgan fingerprint density at radius 1 is 1.20 bits per heavy atom. The van der Waals surface area contributed by atoms with Crippen LogP contribution in [0.5, 0.6) is 0 Å². The first-order valence-electron chi connectivity index (χ1n) is 7.87. The molecule has 2 fully saturated rings. The maximum absolute atomic E-state index is 12.6. The fraction of sp³-hybridized carbons (Fsp3) is 0.867. The summed E-state index contributed by atoms with van der Waals surface area (Å²) in [6, 6.07) is 0.247. The number of nitrogens with zero attached hydrogens (tertiary/aromatic N) is 1. The van der Waals surface area contributed by atoms with Crippen LogP contribution in [-0.4, -0.2) is 23.0 Å². The molecule has 2 rings (SSSR count). The SMILES string of the molecule is CC1CCCC(NC(=O)C2(C(N)=NO)CCCC2)CC1. The Morgan fingerprint density at radius 3 is 2.55 bits per heavy atom. The van der Waals surface area contributed by atoms with Crippen molar-refractivity contribution in [3.63, 3.8) is 0 Å². The number of amides is 1. The number of carbonyl (C=O) groups is 1. The summed E-state index contributed by atoms with van der Waals surface area (Å²) in [7, 11) is 0. The molecule has 0 aromatic carbocycles. The number of rotatable bonds is 3. The molecule has 2 aliphatic rings. The third kappa shape index (κ3) is 3.07. The number of nitrogens with two attached hydrogens (primary N) is 1. The molecule has 5 heteroatoms. The zero-order valence-electron chi connectivity index (χ0n) is 12.4. The van der Waals surface area contributed by atoms with E-state index in [1.165, 1.54) is 19.3 Å². The van der Waals surface area contributed by atoms with Crippen molar-refractivity contribution in [1.29, 1.82) is 0 Å². The Labute approximate surface area is 121 Å². The number of hydrogen-bond donors (Lipinski definition) is 3. The standard InChI is InChI=1S/C15H27N3O2/c1-11-5-4-6-12(8-7-11)17-14(19)15(13(16)18-20)9-2-3-10-15/h11-12,20H,2-10H2,1H3,(H2,16,18)(H,17,19). The fourth-order valence-corrected chi connectivity index (χ4v) is 3.63. The monoisotopic (exact) mass is 281 g/mol. The van der Waals surface area contributed by atoms with Crippen molar-refractivity contribution in [2.24, 2.45) is 22.2 Å². The highest BCUT2D eigenvalue weighted by atomic mass is 16.4. The number of carbonyl (C=O) groups excluding carboxylic acids is 1. The average Bonchev–Trinajstić information content (AvgIpc) is 2.86. The molecule has 0 radical (unpaired) electrons. The van der Waals surface area contributed by atoms with Crippen molar-refractivity contribution in [3.8, 4) is 0 Å². The van der Waals surface area contributed by atoms with Gasteiger partial charge in [-0.1, -0.05) is 37.8 Å². The van der Waals surface area contributed by atoms with Crippen molar-refractivity contribution in [1.82, 2.24) is 5.32 Å². The lowest BCUT2D eigenvalue weighted by molar-refractivity contribution is -0.128. The van der Waals surface area contributed by atoms with E-state index in [2.05, 4.69) is 17.4 Å². The zero-order valence-corrected chi connectivity index (χ0v) is 12.4. The summed E-state index contributed by atoms with van der Waals surface area (Å²) in [5.74, 6) is 0.792. The summed E-state index contributed by atoms with van der Waals surface area (Å²) in [6.07, 6.45) is 8.98. The average molecular weight is 281 g/mol. The van der Waals surface area contributed by atoms with Crippen LogP contribution in [0.1, 0.15) is 64.7 Å². The molecule has 2 atom stereocenters. The van der Waals surface area contributed by atoms with E-state index < -0.39 is 5.41 Å². The number of nitrogens with one attached hydrogen (secondary N) is 1. The van der Waals surface area contributed by atoms with Crippen molar-refractivity contribution < 1.29 is 10.0 Å². The fourth-order valence-electron chi connectivity index (χ4n) is 3.63. The third-order valence-electron chi connectivity index (χ3n) is 5.08. The van der Waals surface area contributed by atoms with E-state index in [0.717, 1.165) is 31.6 Å². The van der Waals surface area contributed by atoms with Crippen molar-refractivity contribution in [3.05, 3.63) is 0 Å². The molecule has 0 aromatic rings. The molecule has 0 saturated heterocycles. The molecule has 0 aromatic heterocycles. The van der Waals surface area contributed by atoms with Crippen LogP contribution in [0.25, 0.3) is 0 Å². The molecule has 5 nitrogen and oxygen atoms in total. The molecular weight excluding hydrogens is 254 g/mol. The van der Waals surface area contributed by atoms with Gasteiger partial charge in [0, 0.05) is 6.04 Å². The van der Waals surface area contributed by atoms with Crippen LogP contribution < -0.4 is 11.1 Å². The molecule has 2 saturated carbocycles. The highest BCUT2D eigenvalue weighted by Gasteiger charge is 2.45.